The van der Waals surface area contributed by atoms with E-state index in [1.807, 2.05) is 36.9 Å². The second-order valence-electron chi connectivity index (χ2n) is 4.53. The maximum atomic E-state index is 5.27. The van der Waals surface area contributed by atoms with Crippen molar-refractivity contribution in [3.63, 3.8) is 0 Å². The van der Waals surface area contributed by atoms with E-state index in [0.29, 0.717) is 6.67 Å². The molecule has 102 valence electrons. The van der Waals surface area contributed by atoms with Gasteiger partial charge in [0.1, 0.15) is 12.1 Å². The molecule has 0 fully saturated rings. The molecule has 0 saturated heterocycles. The van der Waals surface area contributed by atoms with Gasteiger partial charge in [-0.1, -0.05) is 12.1 Å². The van der Waals surface area contributed by atoms with Crippen LogP contribution in [0.4, 0.5) is 0 Å². The van der Waals surface area contributed by atoms with E-state index in [9.17, 15) is 0 Å². The van der Waals surface area contributed by atoms with Crippen LogP contribution in [-0.2, 0) is 20.3 Å². The third-order valence-electron chi connectivity index (χ3n) is 2.85. The Morgan fingerprint density at radius 2 is 2.21 bits per heavy atom. The molecule has 6 heteroatoms. The molecule has 1 aromatic heterocycles. The van der Waals surface area contributed by atoms with E-state index < -0.39 is 0 Å². The molecule has 1 aromatic carbocycles. The molecule has 19 heavy (non-hydrogen) atoms. The van der Waals surface area contributed by atoms with Crippen LogP contribution in [0.1, 0.15) is 5.56 Å². The smallest absolute Gasteiger partial charge is 0.198 e. The number of benzene rings is 1. The lowest BCUT2D eigenvalue weighted by molar-refractivity contribution is 0.243. The van der Waals surface area contributed by atoms with Crippen molar-refractivity contribution >= 4 is 12.2 Å². The van der Waals surface area contributed by atoms with Crippen LogP contribution in [0.2, 0.25) is 0 Å². The molecule has 0 aliphatic rings. The Kier molecular flexibility index (Phi) is 4.34. The fourth-order valence-corrected chi connectivity index (χ4v) is 2.03. The van der Waals surface area contributed by atoms with E-state index in [4.69, 9.17) is 17.0 Å². The zero-order valence-electron chi connectivity index (χ0n) is 11.4. The molecule has 0 spiro atoms. The molecule has 0 N–H and O–H groups in total. The number of methoxy groups -OCH3 is 1. The average molecular weight is 278 g/mol. The minimum Gasteiger partial charge on any atom is -0.497 e. The van der Waals surface area contributed by atoms with Gasteiger partial charge in [0, 0.05) is 13.6 Å². The number of ether oxygens (including phenoxy) is 1. The molecule has 0 bridgehead atoms. The fourth-order valence-electron chi connectivity index (χ4n) is 1.88. The Morgan fingerprint density at radius 1 is 1.42 bits per heavy atom. The van der Waals surface area contributed by atoms with Crippen LogP contribution in [0.5, 0.6) is 5.75 Å². The van der Waals surface area contributed by atoms with Gasteiger partial charge in [0.2, 0.25) is 0 Å². The van der Waals surface area contributed by atoms with Gasteiger partial charge in [-0.15, -0.1) is 0 Å². The highest BCUT2D eigenvalue weighted by molar-refractivity contribution is 7.71. The minimum absolute atomic E-state index is 0.664. The van der Waals surface area contributed by atoms with Crippen molar-refractivity contribution in [1.82, 2.24) is 19.2 Å². The van der Waals surface area contributed by atoms with E-state index in [1.165, 1.54) is 5.56 Å². The van der Waals surface area contributed by atoms with Gasteiger partial charge in [-0.05, 0) is 37.0 Å². The standard InChI is InChI=1S/C13H18N4OS/c1-15(10-17-13(19)16(2)9-14-17)8-11-5-4-6-12(7-11)18-3/h4-7,9H,8,10H2,1-3H3. The average Bonchev–Trinajstić information content (AvgIpc) is 2.71. The summed E-state index contributed by atoms with van der Waals surface area (Å²) in [5.74, 6) is 0.875. The molecular formula is C13H18N4OS. The summed E-state index contributed by atoms with van der Waals surface area (Å²) in [5, 5.41) is 4.24. The minimum atomic E-state index is 0.664. The van der Waals surface area contributed by atoms with Crippen molar-refractivity contribution < 1.29 is 4.74 Å². The van der Waals surface area contributed by atoms with Crippen molar-refractivity contribution in [2.45, 2.75) is 13.2 Å². The molecule has 0 saturated carbocycles. The first kappa shape index (κ1) is 13.8. The molecule has 0 atom stereocenters. The number of aryl methyl sites for hydroxylation is 1. The van der Waals surface area contributed by atoms with Gasteiger partial charge in [0.05, 0.1) is 13.8 Å². The quantitative estimate of drug-likeness (QED) is 0.784. The van der Waals surface area contributed by atoms with E-state index in [2.05, 4.69) is 16.1 Å². The monoisotopic (exact) mass is 278 g/mol. The Bertz CT molecular complexity index is 605. The Morgan fingerprint density at radius 3 is 2.84 bits per heavy atom. The normalized spacial score (nSPS) is 10.9. The van der Waals surface area contributed by atoms with Crippen LogP contribution < -0.4 is 4.74 Å². The molecule has 1 heterocycles. The number of aromatic nitrogens is 3. The third kappa shape index (κ3) is 3.42. The van der Waals surface area contributed by atoms with Gasteiger partial charge in [-0.25, -0.2) is 4.68 Å². The molecule has 0 aliphatic heterocycles. The highest BCUT2D eigenvalue weighted by Gasteiger charge is 2.05. The number of rotatable bonds is 5. The van der Waals surface area contributed by atoms with E-state index in [1.54, 1.807) is 18.1 Å². The second-order valence-corrected chi connectivity index (χ2v) is 4.90. The summed E-state index contributed by atoms with van der Waals surface area (Å²) in [6.45, 7) is 1.48. The van der Waals surface area contributed by atoms with Crippen molar-refractivity contribution in [3.05, 3.63) is 40.9 Å². The zero-order valence-corrected chi connectivity index (χ0v) is 12.2. The maximum Gasteiger partial charge on any atom is 0.198 e. The summed E-state index contributed by atoms with van der Waals surface area (Å²) < 4.78 is 9.57. The Balaban J connectivity index is 2.03. The van der Waals surface area contributed by atoms with Crippen LogP contribution >= 0.6 is 12.2 Å². The van der Waals surface area contributed by atoms with Gasteiger partial charge in [-0.3, -0.25) is 4.90 Å². The Hall–Kier alpha value is -1.66. The van der Waals surface area contributed by atoms with Crippen molar-refractivity contribution in [3.8, 4) is 5.75 Å². The van der Waals surface area contributed by atoms with Crippen LogP contribution in [-0.4, -0.2) is 33.4 Å². The molecule has 0 aliphatic carbocycles. The molecule has 2 aromatic rings. The van der Waals surface area contributed by atoms with E-state index in [0.717, 1.165) is 17.1 Å². The van der Waals surface area contributed by atoms with Crippen LogP contribution in [0, 0.1) is 4.77 Å². The first-order valence-electron chi connectivity index (χ1n) is 6.00. The highest BCUT2D eigenvalue weighted by atomic mass is 32.1. The summed E-state index contributed by atoms with van der Waals surface area (Å²) in [7, 11) is 5.61. The largest absolute Gasteiger partial charge is 0.497 e. The lowest BCUT2D eigenvalue weighted by Crippen LogP contribution is -2.22. The van der Waals surface area contributed by atoms with Crippen molar-refractivity contribution in [2.24, 2.45) is 7.05 Å². The first-order chi connectivity index (χ1) is 9.10. The third-order valence-corrected chi connectivity index (χ3v) is 3.35. The lowest BCUT2D eigenvalue weighted by Gasteiger charge is -2.16. The zero-order chi connectivity index (χ0) is 13.8. The predicted octanol–water partition coefficient (Wildman–Crippen LogP) is 2.05. The summed E-state index contributed by atoms with van der Waals surface area (Å²) in [6.07, 6.45) is 1.72. The highest BCUT2D eigenvalue weighted by Crippen LogP contribution is 2.14. The summed E-state index contributed by atoms with van der Waals surface area (Å²) in [5.41, 5.74) is 1.20. The summed E-state index contributed by atoms with van der Waals surface area (Å²) in [4.78, 5) is 2.15. The molecule has 5 nitrogen and oxygen atoms in total. The van der Waals surface area contributed by atoms with Gasteiger partial charge in [0.25, 0.3) is 0 Å². The van der Waals surface area contributed by atoms with E-state index in [-0.39, 0.29) is 0 Å². The fraction of sp³-hybridized carbons (Fsp3) is 0.385. The first-order valence-corrected chi connectivity index (χ1v) is 6.41. The van der Waals surface area contributed by atoms with Gasteiger partial charge >= 0.3 is 0 Å². The van der Waals surface area contributed by atoms with Crippen LogP contribution in [0.15, 0.2) is 30.6 Å². The van der Waals surface area contributed by atoms with Gasteiger partial charge in [0.15, 0.2) is 4.77 Å². The van der Waals surface area contributed by atoms with Crippen molar-refractivity contribution in [1.29, 1.82) is 0 Å². The number of hydrogen-bond acceptors (Lipinski definition) is 4. The molecule has 0 unspecified atom stereocenters. The number of nitrogens with zero attached hydrogens (tertiary/aromatic N) is 4. The summed E-state index contributed by atoms with van der Waals surface area (Å²) in [6, 6.07) is 8.05. The molecule has 0 radical (unpaired) electrons. The predicted molar refractivity (Wildman–Crippen MR) is 76.5 cm³/mol. The topological polar surface area (TPSA) is 35.2 Å². The Labute approximate surface area is 118 Å². The van der Waals surface area contributed by atoms with Crippen LogP contribution in [0.3, 0.4) is 0 Å². The number of hydrogen-bond donors (Lipinski definition) is 0. The van der Waals surface area contributed by atoms with Gasteiger partial charge < -0.3 is 9.30 Å². The SMILES string of the molecule is COc1cccc(CN(C)Cn2ncn(C)c2=S)c1. The molecule has 2 rings (SSSR count). The van der Waals surface area contributed by atoms with Crippen LogP contribution in [0.25, 0.3) is 0 Å². The van der Waals surface area contributed by atoms with Crippen molar-refractivity contribution in [2.75, 3.05) is 14.2 Å². The molecular weight excluding hydrogens is 260 g/mol. The van der Waals surface area contributed by atoms with E-state index >= 15 is 0 Å². The molecule has 0 amide bonds. The summed E-state index contributed by atoms with van der Waals surface area (Å²) >= 11 is 5.27. The maximum absolute atomic E-state index is 5.27. The lowest BCUT2D eigenvalue weighted by atomic mass is 10.2. The second kappa shape index (κ2) is 5.99. The van der Waals surface area contributed by atoms with Gasteiger partial charge in [-0.2, -0.15) is 5.10 Å².